The smallest absolute Gasteiger partial charge is 0.435 e. The van der Waals surface area contributed by atoms with E-state index >= 15 is 0 Å². The van der Waals surface area contributed by atoms with Crippen molar-refractivity contribution in [2.45, 2.75) is 81.1 Å². The number of amides is 3. The summed E-state index contributed by atoms with van der Waals surface area (Å²) in [5.74, 6) is -1.70. The normalized spacial score (nSPS) is 25.9. The summed E-state index contributed by atoms with van der Waals surface area (Å²) in [6.45, 7) is 4.69. The quantitative estimate of drug-likeness (QED) is 0.445. The molecule has 1 aliphatic carbocycles. The van der Waals surface area contributed by atoms with Crippen LogP contribution in [-0.2, 0) is 38.8 Å². The largest absolute Gasteiger partial charge is 0.522 e. The third-order valence-corrected chi connectivity index (χ3v) is 12.3. The van der Waals surface area contributed by atoms with E-state index in [-0.39, 0.29) is 22.3 Å². The molecule has 2 aliphatic heterocycles. The number of nitrogens with one attached hydrogen (secondary N) is 1. The molecule has 0 radical (unpaired) electrons. The molecular formula is C32H42N3O6S+. The van der Waals surface area contributed by atoms with Crippen molar-refractivity contribution < 1.29 is 32.4 Å². The van der Waals surface area contributed by atoms with E-state index < -0.39 is 56.1 Å². The van der Waals surface area contributed by atoms with Gasteiger partial charge in [-0.1, -0.05) is 56.3 Å². The highest BCUT2D eigenvalue weighted by Gasteiger charge is 2.64. The van der Waals surface area contributed by atoms with Crippen LogP contribution in [0.3, 0.4) is 0 Å². The summed E-state index contributed by atoms with van der Waals surface area (Å²) in [4.78, 5) is 44.2. The van der Waals surface area contributed by atoms with E-state index in [1.54, 1.807) is 18.2 Å². The van der Waals surface area contributed by atoms with E-state index in [0.29, 0.717) is 51.6 Å². The fourth-order valence-corrected chi connectivity index (χ4v) is 9.41. The van der Waals surface area contributed by atoms with Crippen molar-refractivity contribution in [3.63, 3.8) is 0 Å². The molecule has 0 aromatic heterocycles. The molecule has 2 aromatic carbocycles. The monoisotopic (exact) mass is 596 g/mol. The van der Waals surface area contributed by atoms with Crippen LogP contribution in [0.5, 0.6) is 0 Å². The second-order valence-corrected chi connectivity index (χ2v) is 14.4. The van der Waals surface area contributed by atoms with Crippen LogP contribution in [0, 0.1) is 11.8 Å². The van der Waals surface area contributed by atoms with Gasteiger partial charge in [-0.3, -0.25) is 4.79 Å². The molecule has 2 heterocycles. The summed E-state index contributed by atoms with van der Waals surface area (Å²) in [7, 11) is -1.85. The summed E-state index contributed by atoms with van der Waals surface area (Å²) in [6, 6.07) is 12.1. The molecule has 2 saturated heterocycles. The SMILES string of the molecule is CCC(CC)[C@@H]1C(=O)N[C@H](C2Cc3ccccc3C2)C(=O)[N+]1(Cc1ccccc1S(=O)(=O)C1CCN(C)CC1)C(=O)O. The molecule has 2 N–H and O–H groups in total. The van der Waals surface area contributed by atoms with Crippen LogP contribution >= 0.6 is 0 Å². The van der Waals surface area contributed by atoms with Crippen LogP contribution in [0.1, 0.15) is 56.2 Å². The van der Waals surface area contributed by atoms with E-state index in [1.165, 1.54) is 6.07 Å². The van der Waals surface area contributed by atoms with Gasteiger partial charge in [-0.25, -0.2) is 13.2 Å². The maximum atomic E-state index is 14.6. The predicted octanol–water partition coefficient (Wildman–Crippen LogP) is 3.79. The van der Waals surface area contributed by atoms with Crippen LogP contribution in [0.25, 0.3) is 0 Å². The van der Waals surface area contributed by atoms with Crippen LogP contribution in [0.15, 0.2) is 53.4 Å². The standard InChI is InChI=1S/C32H41N3O6S/c1-4-21(5-2)29-30(36)33-28(25-18-22-10-6-7-11-23(22)19-25)31(37)35(29,32(38)39)20-24-12-8-9-13-27(24)42(40,41)26-14-16-34(3)17-15-26/h6-13,21,25-26,28-29H,4-5,14-20H2,1-3H3,(H-,33,36,38,39)/p+1/t28-,29-,35?/m1/s1. The molecule has 0 saturated carbocycles. The number of likely N-dealkylation sites (tertiary alicyclic amines) is 1. The molecule has 42 heavy (non-hydrogen) atoms. The molecule has 0 bridgehead atoms. The molecule has 2 fully saturated rings. The Balaban J connectivity index is 1.59. The van der Waals surface area contributed by atoms with E-state index in [4.69, 9.17) is 0 Å². The number of benzene rings is 2. The number of sulfone groups is 1. The van der Waals surface area contributed by atoms with Crippen LogP contribution in [0.2, 0.25) is 0 Å². The zero-order valence-corrected chi connectivity index (χ0v) is 25.5. The summed E-state index contributed by atoms with van der Waals surface area (Å²) in [5, 5.41) is 13.3. The van der Waals surface area contributed by atoms with Crippen LogP contribution < -0.4 is 5.32 Å². The van der Waals surface area contributed by atoms with E-state index in [2.05, 4.69) is 10.2 Å². The highest BCUT2D eigenvalue weighted by Crippen LogP contribution is 2.39. The average Bonchev–Trinajstić information content (AvgIpc) is 3.41. The second kappa shape index (κ2) is 11.9. The van der Waals surface area contributed by atoms with Crippen LogP contribution in [0.4, 0.5) is 4.79 Å². The Bertz CT molecular complexity index is 1440. The molecule has 226 valence electrons. The zero-order chi connectivity index (χ0) is 30.2. The second-order valence-electron chi connectivity index (χ2n) is 12.2. The van der Waals surface area contributed by atoms with Crippen molar-refractivity contribution in [1.82, 2.24) is 10.2 Å². The van der Waals surface area contributed by atoms with Gasteiger partial charge >= 0.3 is 12.0 Å². The first-order chi connectivity index (χ1) is 20.0. The lowest BCUT2D eigenvalue weighted by Gasteiger charge is -2.46. The Labute approximate surface area is 248 Å². The Morgan fingerprint density at radius 3 is 2.14 bits per heavy atom. The number of hydrogen-bond donors (Lipinski definition) is 2. The number of carbonyl (C=O) groups excluding carboxylic acids is 2. The van der Waals surface area contributed by atoms with Gasteiger partial charge in [0.1, 0.15) is 12.6 Å². The minimum atomic E-state index is -3.81. The van der Waals surface area contributed by atoms with Gasteiger partial charge in [-0.05, 0) is 75.9 Å². The summed E-state index contributed by atoms with van der Waals surface area (Å²) >= 11 is 0. The number of quaternary nitrogens is 1. The van der Waals surface area contributed by atoms with Crippen molar-refractivity contribution in [2.75, 3.05) is 20.1 Å². The molecule has 9 nitrogen and oxygen atoms in total. The summed E-state index contributed by atoms with van der Waals surface area (Å²) < 4.78 is 26.8. The number of carboxylic acid groups (broad SMARTS) is 1. The van der Waals surface area contributed by atoms with E-state index in [1.807, 2.05) is 45.2 Å². The fourth-order valence-electron chi connectivity index (χ4n) is 7.46. The highest BCUT2D eigenvalue weighted by atomic mass is 32.2. The minimum absolute atomic E-state index is 0.0604. The zero-order valence-electron chi connectivity index (χ0n) is 24.7. The molecule has 5 rings (SSSR count). The maximum Gasteiger partial charge on any atom is 0.522 e. The first-order valence-electron chi connectivity index (χ1n) is 15.1. The molecule has 3 aliphatic rings. The number of nitrogens with zero attached hydrogens (tertiary/aromatic N) is 2. The van der Waals surface area contributed by atoms with Gasteiger partial charge in [0.25, 0.3) is 5.91 Å². The number of fused-ring (bicyclic) bond motifs is 1. The van der Waals surface area contributed by atoms with Gasteiger partial charge in [0.05, 0.1) is 10.1 Å². The van der Waals surface area contributed by atoms with Crippen molar-refractivity contribution >= 4 is 27.7 Å². The van der Waals surface area contributed by atoms with E-state index in [0.717, 1.165) is 11.1 Å². The topological polar surface area (TPSA) is 121 Å². The summed E-state index contributed by atoms with van der Waals surface area (Å²) in [5.41, 5.74) is 2.45. The molecule has 10 heteroatoms. The Hall–Kier alpha value is -3.08. The van der Waals surface area contributed by atoms with Gasteiger partial charge in [0.15, 0.2) is 15.9 Å². The predicted molar refractivity (Wildman–Crippen MR) is 158 cm³/mol. The number of piperidine rings is 1. The lowest BCUT2D eigenvalue weighted by molar-refractivity contribution is -0.820. The number of hydrogen-bond acceptors (Lipinski definition) is 6. The third kappa shape index (κ3) is 5.18. The molecule has 2 aromatic rings. The molecule has 1 unspecified atom stereocenters. The molecule has 0 spiro atoms. The van der Waals surface area contributed by atoms with Gasteiger partial charge in [0.2, 0.25) is 0 Å². The summed E-state index contributed by atoms with van der Waals surface area (Å²) in [6.07, 6.45) is 1.67. The highest BCUT2D eigenvalue weighted by molar-refractivity contribution is 7.92. The van der Waals surface area contributed by atoms with Gasteiger partial charge in [-0.15, -0.1) is 4.48 Å². The lowest BCUT2D eigenvalue weighted by Crippen LogP contribution is -2.77. The molecule has 3 atom stereocenters. The van der Waals surface area contributed by atoms with Gasteiger partial charge in [0, 0.05) is 17.4 Å². The van der Waals surface area contributed by atoms with Gasteiger partial charge in [-0.2, -0.15) is 4.79 Å². The number of rotatable bonds is 8. The van der Waals surface area contributed by atoms with Crippen molar-refractivity contribution in [1.29, 1.82) is 0 Å². The lowest BCUT2D eigenvalue weighted by atomic mass is 9.83. The van der Waals surface area contributed by atoms with Crippen molar-refractivity contribution in [2.24, 2.45) is 11.8 Å². The van der Waals surface area contributed by atoms with Gasteiger partial charge < -0.3 is 15.3 Å². The fraction of sp³-hybridized carbons (Fsp3) is 0.531. The molecule has 3 amide bonds. The average molecular weight is 597 g/mol. The number of carbonyl (C=O) groups is 3. The van der Waals surface area contributed by atoms with E-state index in [9.17, 15) is 27.9 Å². The Morgan fingerprint density at radius 1 is 1.00 bits per heavy atom. The molecular weight excluding hydrogens is 554 g/mol. The first kappa shape index (κ1) is 30.4. The van der Waals surface area contributed by atoms with Crippen molar-refractivity contribution in [3.05, 3.63) is 65.2 Å². The van der Waals surface area contributed by atoms with Crippen molar-refractivity contribution in [3.8, 4) is 0 Å². The van der Waals surface area contributed by atoms with Crippen LogP contribution in [-0.4, -0.2) is 78.3 Å². The Morgan fingerprint density at radius 2 is 1.57 bits per heavy atom. The first-order valence-corrected chi connectivity index (χ1v) is 16.6. The maximum absolute atomic E-state index is 14.6. The number of imide groups is 1. The minimum Gasteiger partial charge on any atom is -0.435 e. The Kier molecular flexibility index (Phi) is 8.60. The number of piperazine rings is 1. The third-order valence-electron chi connectivity index (χ3n) is 9.89.